The molecular weight excluding hydrogens is 264 g/mol. The van der Waals surface area contributed by atoms with E-state index in [-0.39, 0.29) is 5.91 Å². The lowest BCUT2D eigenvalue weighted by molar-refractivity contribution is -0.120. The first kappa shape index (κ1) is 13.8. The number of amides is 1. The number of nitrogens with one attached hydrogen (secondary N) is 2. The molecular formula is C16H20N4O. The number of pyridine rings is 1. The highest BCUT2D eigenvalue weighted by atomic mass is 16.1. The van der Waals surface area contributed by atoms with E-state index in [1.165, 1.54) is 5.56 Å². The van der Waals surface area contributed by atoms with Gasteiger partial charge in [-0.05, 0) is 38.3 Å². The van der Waals surface area contributed by atoms with Crippen LogP contribution >= 0.6 is 0 Å². The lowest BCUT2D eigenvalue weighted by Crippen LogP contribution is -2.29. The van der Waals surface area contributed by atoms with E-state index < -0.39 is 0 Å². The molecule has 0 aromatic carbocycles. The summed E-state index contributed by atoms with van der Waals surface area (Å²) < 4.78 is 0. The molecule has 1 aliphatic rings. The van der Waals surface area contributed by atoms with E-state index in [4.69, 9.17) is 0 Å². The third-order valence-corrected chi connectivity index (χ3v) is 4.24. The van der Waals surface area contributed by atoms with Crippen molar-refractivity contribution >= 4 is 5.91 Å². The fraction of sp³-hybridized carbons (Fsp3) is 0.438. The molecule has 0 aliphatic heterocycles. The molecule has 0 bridgehead atoms. The molecule has 5 nitrogen and oxygen atoms in total. The van der Waals surface area contributed by atoms with Gasteiger partial charge in [-0.2, -0.15) is 5.10 Å². The van der Waals surface area contributed by atoms with Crippen molar-refractivity contribution in [3.63, 3.8) is 0 Å². The lowest BCUT2D eigenvalue weighted by Gasteiger charge is -2.12. The molecule has 1 atom stereocenters. The van der Waals surface area contributed by atoms with Gasteiger partial charge in [0, 0.05) is 35.6 Å². The number of aromatic nitrogens is 3. The van der Waals surface area contributed by atoms with Gasteiger partial charge < -0.3 is 5.32 Å². The van der Waals surface area contributed by atoms with Crippen LogP contribution in [0.5, 0.6) is 0 Å². The minimum Gasteiger partial charge on any atom is -0.355 e. The van der Waals surface area contributed by atoms with Crippen LogP contribution in [0.4, 0.5) is 0 Å². The topological polar surface area (TPSA) is 70.7 Å². The maximum Gasteiger partial charge on any atom is 0.224 e. The van der Waals surface area contributed by atoms with Gasteiger partial charge >= 0.3 is 0 Å². The summed E-state index contributed by atoms with van der Waals surface area (Å²) in [5, 5.41) is 10.1. The number of carbonyl (C=O) groups is 1. The standard InChI is InChI=1S/C16H20N4O/c1-10-14(11(2)20-19-10)8-15(21)18-9-13-6-5-12-4-3-7-17-16(12)13/h3-4,7,13H,5-6,8-9H2,1-2H3,(H,18,21)(H,19,20). The predicted molar refractivity (Wildman–Crippen MR) is 80.1 cm³/mol. The summed E-state index contributed by atoms with van der Waals surface area (Å²) in [5.41, 5.74) is 5.33. The van der Waals surface area contributed by atoms with Gasteiger partial charge in [0.15, 0.2) is 0 Å². The van der Waals surface area contributed by atoms with Gasteiger partial charge in [0.1, 0.15) is 0 Å². The quantitative estimate of drug-likeness (QED) is 0.899. The monoisotopic (exact) mass is 284 g/mol. The number of rotatable bonds is 4. The van der Waals surface area contributed by atoms with Crippen LogP contribution in [-0.2, 0) is 17.6 Å². The molecule has 1 unspecified atom stereocenters. The van der Waals surface area contributed by atoms with Gasteiger partial charge in [-0.1, -0.05) is 6.07 Å². The van der Waals surface area contributed by atoms with E-state index in [9.17, 15) is 4.79 Å². The highest BCUT2D eigenvalue weighted by molar-refractivity contribution is 5.79. The first-order valence-corrected chi connectivity index (χ1v) is 7.36. The molecule has 1 aliphatic carbocycles. The summed E-state index contributed by atoms with van der Waals surface area (Å²) >= 11 is 0. The smallest absolute Gasteiger partial charge is 0.224 e. The number of hydrogen-bond donors (Lipinski definition) is 2. The molecule has 0 saturated carbocycles. The third-order valence-electron chi connectivity index (χ3n) is 4.24. The number of hydrogen-bond acceptors (Lipinski definition) is 3. The zero-order valence-corrected chi connectivity index (χ0v) is 12.4. The Balaban J connectivity index is 1.58. The van der Waals surface area contributed by atoms with Crippen molar-refractivity contribution in [3.8, 4) is 0 Å². The molecule has 110 valence electrons. The van der Waals surface area contributed by atoms with Gasteiger partial charge in [-0.3, -0.25) is 14.9 Å². The minimum atomic E-state index is 0.0481. The van der Waals surface area contributed by atoms with Crippen molar-refractivity contribution in [2.45, 2.75) is 39.0 Å². The van der Waals surface area contributed by atoms with E-state index in [0.717, 1.165) is 35.5 Å². The van der Waals surface area contributed by atoms with Crippen LogP contribution in [0.1, 0.15) is 40.5 Å². The first-order valence-electron chi connectivity index (χ1n) is 7.36. The Kier molecular flexibility index (Phi) is 3.73. The predicted octanol–water partition coefficient (Wildman–Crippen LogP) is 1.81. The number of H-pyrrole nitrogens is 1. The summed E-state index contributed by atoms with van der Waals surface area (Å²) in [6, 6.07) is 4.10. The Bertz CT molecular complexity index is 643. The zero-order chi connectivity index (χ0) is 14.8. The molecule has 0 fully saturated rings. The number of nitrogens with zero attached hydrogens (tertiary/aromatic N) is 2. The molecule has 2 N–H and O–H groups in total. The van der Waals surface area contributed by atoms with Crippen LogP contribution in [0.25, 0.3) is 0 Å². The number of aromatic amines is 1. The Morgan fingerprint density at radius 2 is 2.33 bits per heavy atom. The number of fused-ring (bicyclic) bond motifs is 1. The maximum atomic E-state index is 12.1. The van der Waals surface area contributed by atoms with Crippen LogP contribution in [0.2, 0.25) is 0 Å². The molecule has 1 amide bonds. The normalized spacial score (nSPS) is 16.8. The first-order chi connectivity index (χ1) is 10.1. The van der Waals surface area contributed by atoms with E-state index >= 15 is 0 Å². The summed E-state index contributed by atoms with van der Waals surface area (Å²) in [6.07, 6.45) is 4.34. The summed E-state index contributed by atoms with van der Waals surface area (Å²) in [6.45, 7) is 4.53. The molecule has 3 rings (SSSR count). The maximum absolute atomic E-state index is 12.1. The molecule has 0 saturated heterocycles. The average molecular weight is 284 g/mol. The van der Waals surface area contributed by atoms with Crippen molar-refractivity contribution in [1.82, 2.24) is 20.5 Å². The average Bonchev–Trinajstić information content (AvgIpc) is 3.03. The van der Waals surface area contributed by atoms with Crippen LogP contribution in [0, 0.1) is 13.8 Å². The second kappa shape index (κ2) is 5.68. The van der Waals surface area contributed by atoms with Gasteiger partial charge in [-0.25, -0.2) is 0 Å². The zero-order valence-electron chi connectivity index (χ0n) is 12.4. The van der Waals surface area contributed by atoms with Crippen molar-refractivity contribution in [3.05, 3.63) is 46.5 Å². The highest BCUT2D eigenvalue weighted by Gasteiger charge is 2.24. The molecule has 2 aromatic rings. The Morgan fingerprint density at radius 1 is 1.48 bits per heavy atom. The molecule has 0 spiro atoms. The van der Waals surface area contributed by atoms with Gasteiger partial charge in [0.25, 0.3) is 0 Å². The SMILES string of the molecule is Cc1n[nH]c(C)c1CC(=O)NCC1CCc2cccnc21. The largest absolute Gasteiger partial charge is 0.355 e. The molecule has 0 radical (unpaired) electrons. The fourth-order valence-corrected chi connectivity index (χ4v) is 2.99. The van der Waals surface area contributed by atoms with E-state index in [1.807, 2.05) is 26.1 Å². The molecule has 5 heteroatoms. The second-order valence-corrected chi connectivity index (χ2v) is 5.68. The van der Waals surface area contributed by atoms with Crippen LogP contribution < -0.4 is 5.32 Å². The van der Waals surface area contributed by atoms with Crippen LogP contribution in [0.15, 0.2) is 18.3 Å². The lowest BCUT2D eigenvalue weighted by atomic mass is 10.1. The van der Waals surface area contributed by atoms with Gasteiger partial charge in [0.2, 0.25) is 5.91 Å². The Morgan fingerprint density at radius 3 is 3.10 bits per heavy atom. The van der Waals surface area contributed by atoms with Crippen molar-refractivity contribution in [1.29, 1.82) is 0 Å². The fourth-order valence-electron chi connectivity index (χ4n) is 2.99. The summed E-state index contributed by atoms with van der Waals surface area (Å²) in [4.78, 5) is 16.6. The second-order valence-electron chi connectivity index (χ2n) is 5.68. The Hall–Kier alpha value is -2.17. The van der Waals surface area contributed by atoms with Gasteiger partial charge in [-0.15, -0.1) is 0 Å². The molecule has 21 heavy (non-hydrogen) atoms. The van der Waals surface area contributed by atoms with Crippen molar-refractivity contribution < 1.29 is 4.79 Å². The van der Waals surface area contributed by atoms with E-state index in [2.05, 4.69) is 26.6 Å². The number of aryl methyl sites for hydroxylation is 3. The van der Waals surface area contributed by atoms with Gasteiger partial charge in [0.05, 0.1) is 12.1 Å². The summed E-state index contributed by atoms with van der Waals surface area (Å²) in [7, 11) is 0. The van der Waals surface area contributed by atoms with E-state index in [0.29, 0.717) is 18.9 Å². The van der Waals surface area contributed by atoms with Crippen LogP contribution in [-0.4, -0.2) is 27.6 Å². The molecule has 2 aromatic heterocycles. The Labute approximate surface area is 124 Å². The molecule has 2 heterocycles. The van der Waals surface area contributed by atoms with E-state index in [1.54, 1.807) is 0 Å². The summed E-state index contributed by atoms with van der Waals surface area (Å²) in [5.74, 6) is 0.392. The van der Waals surface area contributed by atoms with Crippen molar-refractivity contribution in [2.75, 3.05) is 6.54 Å². The highest BCUT2D eigenvalue weighted by Crippen LogP contribution is 2.30. The number of carbonyl (C=O) groups excluding carboxylic acids is 1. The van der Waals surface area contributed by atoms with Crippen molar-refractivity contribution in [2.24, 2.45) is 0 Å². The minimum absolute atomic E-state index is 0.0481. The van der Waals surface area contributed by atoms with Crippen LogP contribution in [0.3, 0.4) is 0 Å². The third kappa shape index (κ3) is 2.82.